The van der Waals surface area contributed by atoms with Crippen LogP contribution >= 0.6 is 0 Å². The number of nitrogens with zero attached hydrogens (tertiary/aromatic N) is 2. The lowest BCUT2D eigenvalue weighted by molar-refractivity contribution is -0.144. The molecule has 6 rings (SSSR count). The molecule has 1 aromatic heterocycles. The van der Waals surface area contributed by atoms with Gasteiger partial charge in [0.1, 0.15) is 29.2 Å². The Balaban J connectivity index is 0.00000384. The minimum absolute atomic E-state index is 0. The highest BCUT2D eigenvalue weighted by Gasteiger charge is 2.61. The molecule has 3 aromatic rings. The highest BCUT2D eigenvalue weighted by atomic mass is 16.6. The van der Waals surface area contributed by atoms with E-state index < -0.39 is 35.7 Å². The van der Waals surface area contributed by atoms with Crippen molar-refractivity contribution >= 4 is 28.9 Å². The molecule has 0 radical (unpaired) electrons. The van der Waals surface area contributed by atoms with Crippen LogP contribution in [-0.4, -0.2) is 70.9 Å². The first kappa shape index (κ1) is 30.8. The monoisotopic (exact) mass is 601 g/mol. The summed E-state index contributed by atoms with van der Waals surface area (Å²) in [4.78, 5) is 45.3. The normalized spacial score (nSPS) is 26.0. The Morgan fingerprint density at radius 2 is 1.93 bits per heavy atom. The van der Waals surface area contributed by atoms with E-state index in [1.807, 2.05) is 66.7 Å². The number of nitrogens with one attached hydrogen (secondary N) is 1. The first-order valence-corrected chi connectivity index (χ1v) is 14.7. The highest BCUT2D eigenvalue weighted by Crippen LogP contribution is 2.45. The van der Waals surface area contributed by atoms with Gasteiger partial charge in [-0.1, -0.05) is 49.9 Å². The third-order valence-corrected chi connectivity index (χ3v) is 8.49. The standard InChI is InChI=1S/C33H35N3O7.CH4/c1-41-23-13-14-25-27(16-23)34-26(21-10-6-5-7-11-21)18-29(25)43-24-17-28-30(37)35-33(31(38)39)19-22(33)12-8-3-2-4-9-15-42-32(40)36(28)20-24;/h5-8,10-14,16,18,22,24,28H,2-4,9,15,17,19-20H2,1H3,(H,35,37)(H,38,39);1H4/b12-8-;/t22-,24-,28+,33-;/m1./s1. The van der Waals surface area contributed by atoms with Gasteiger partial charge in [-0.15, -0.1) is 0 Å². The molecule has 1 saturated heterocycles. The number of carbonyl (C=O) groups excluding carboxylic acids is 2. The molecule has 0 unspecified atom stereocenters. The minimum Gasteiger partial charge on any atom is -0.497 e. The van der Waals surface area contributed by atoms with E-state index in [9.17, 15) is 19.5 Å². The van der Waals surface area contributed by atoms with Gasteiger partial charge in [0.05, 0.1) is 31.5 Å². The van der Waals surface area contributed by atoms with Crippen molar-refractivity contribution in [2.75, 3.05) is 20.3 Å². The molecule has 1 aliphatic carbocycles. The smallest absolute Gasteiger partial charge is 0.410 e. The quantitative estimate of drug-likeness (QED) is 0.362. The fourth-order valence-electron chi connectivity index (χ4n) is 5.98. The van der Waals surface area contributed by atoms with E-state index in [2.05, 4.69) is 5.32 Å². The van der Waals surface area contributed by atoms with E-state index in [1.54, 1.807) is 7.11 Å². The zero-order valence-electron chi connectivity index (χ0n) is 24.0. The minimum atomic E-state index is -1.37. The van der Waals surface area contributed by atoms with Crippen LogP contribution in [0.3, 0.4) is 0 Å². The van der Waals surface area contributed by atoms with Crippen LogP contribution in [0.2, 0.25) is 0 Å². The van der Waals surface area contributed by atoms with Crippen LogP contribution in [0.1, 0.15) is 46.0 Å². The van der Waals surface area contributed by atoms with Crippen LogP contribution in [-0.2, 0) is 14.3 Å². The summed E-state index contributed by atoms with van der Waals surface area (Å²) in [5.41, 5.74) is 0.924. The van der Waals surface area contributed by atoms with Crippen LogP contribution < -0.4 is 14.8 Å². The highest BCUT2D eigenvalue weighted by molar-refractivity contribution is 5.94. The van der Waals surface area contributed by atoms with Crippen molar-refractivity contribution < 1.29 is 33.7 Å². The van der Waals surface area contributed by atoms with Crippen LogP contribution in [0.15, 0.2) is 66.7 Å². The number of rotatable bonds is 5. The zero-order valence-corrected chi connectivity index (χ0v) is 24.0. The number of carboxylic acid groups (broad SMARTS) is 1. The lowest BCUT2D eigenvalue weighted by Gasteiger charge is -2.24. The lowest BCUT2D eigenvalue weighted by atomic mass is 10.1. The van der Waals surface area contributed by atoms with Crippen molar-refractivity contribution in [3.8, 4) is 22.8 Å². The third-order valence-electron chi connectivity index (χ3n) is 8.49. The number of hydrogen-bond donors (Lipinski definition) is 2. The predicted molar refractivity (Wildman–Crippen MR) is 166 cm³/mol. The van der Waals surface area contributed by atoms with Crippen molar-refractivity contribution in [1.82, 2.24) is 15.2 Å². The second kappa shape index (κ2) is 13.0. The van der Waals surface area contributed by atoms with Gasteiger partial charge in [0, 0.05) is 35.4 Å². The number of carboxylic acids is 1. The Labute approximate surface area is 257 Å². The average molecular weight is 602 g/mol. The molecule has 0 bridgehead atoms. The maximum absolute atomic E-state index is 13.6. The molecule has 2 fully saturated rings. The van der Waals surface area contributed by atoms with E-state index in [0.29, 0.717) is 35.6 Å². The number of ether oxygens (including phenoxy) is 3. The molecule has 2 aliphatic heterocycles. The van der Waals surface area contributed by atoms with Crippen LogP contribution in [0.5, 0.6) is 11.5 Å². The maximum atomic E-state index is 13.6. The SMILES string of the molecule is C.COc1ccc2c(O[C@@H]3C[C@H]4C(=O)N[C@]5(C(=O)O)C[C@H]5/C=C\CCCCCOC(=O)N4C3)cc(-c3ccccc3)nc2c1. The van der Waals surface area contributed by atoms with E-state index in [1.165, 1.54) is 4.90 Å². The van der Waals surface area contributed by atoms with E-state index in [4.69, 9.17) is 19.2 Å². The van der Waals surface area contributed by atoms with E-state index >= 15 is 0 Å². The molecule has 10 nitrogen and oxygen atoms in total. The first-order chi connectivity index (χ1) is 20.9. The molecule has 10 heteroatoms. The second-order valence-electron chi connectivity index (χ2n) is 11.4. The third kappa shape index (κ3) is 6.20. The first-order valence-electron chi connectivity index (χ1n) is 14.7. The number of aromatic nitrogens is 1. The van der Waals surface area contributed by atoms with Crippen LogP contribution in [0.25, 0.3) is 22.2 Å². The summed E-state index contributed by atoms with van der Waals surface area (Å²) in [5, 5.41) is 13.5. The summed E-state index contributed by atoms with van der Waals surface area (Å²) in [6.45, 7) is 0.360. The molecule has 232 valence electrons. The molecule has 2 N–H and O–H groups in total. The van der Waals surface area contributed by atoms with Gasteiger partial charge in [-0.3, -0.25) is 9.69 Å². The Hall–Kier alpha value is -4.60. The van der Waals surface area contributed by atoms with Gasteiger partial charge in [-0.05, 0) is 44.2 Å². The topological polar surface area (TPSA) is 127 Å². The molecule has 44 heavy (non-hydrogen) atoms. The predicted octanol–water partition coefficient (Wildman–Crippen LogP) is 5.59. The summed E-state index contributed by atoms with van der Waals surface area (Å²) >= 11 is 0. The van der Waals surface area contributed by atoms with Gasteiger partial charge in [0.25, 0.3) is 0 Å². The summed E-state index contributed by atoms with van der Waals surface area (Å²) in [6, 6.07) is 16.2. The summed E-state index contributed by atoms with van der Waals surface area (Å²) in [6.07, 6.45) is 6.52. The second-order valence-corrected chi connectivity index (χ2v) is 11.4. The number of allylic oxidation sites excluding steroid dienone is 1. The van der Waals surface area contributed by atoms with Gasteiger partial charge in [-0.25, -0.2) is 14.6 Å². The van der Waals surface area contributed by atoms with Crippen molar-refractivity contribution in [2.45, 2.75) is 63.6 Å². The molecular weight excluding hydrogens is 562 g/mol. The van der Waals surface area contributed by atoms with Gasteiger partial charge in [0.15, 0.2) is 0 Å². The fraction of sp³-hybridized carbons (Fsp3) is 0.412. The van der Waals surface area contributed by atoms with Gasteiger partial charge in [-0.2, -0.15) is 0 Å². The van der Waals surface area contributed by atoms with E-state index in [0.717, 1.165) is 30.2 Å². The van der Waals surface area contributed by atoms with Gasteiger partial charge >= 0.3 is 12.1 Å². The Bertz CT molecular complexity index is 1560. The molecule has 2 aromatic carbocycles. The number of amides is 2. The number of methoxy groups -OCH3 is 1. The number of cyclic esters (lactones) is 1. The Morgan fingerprint density at radius 1 is 1.11 bits per heavy atom. The number of pyridine rings is 1. The van der Waals surface area contributed by atoms with Crippen molar-refractivity contribution in [1.29, 1.82) is 0 Å². The van der Waals surface area contributed by atoms with Crippen molar-refractivity contribution in [3.63, 3.8) is 0 Å². The number of carbonyl (C=O) groups is 3. The summed E-state index contributed by atoms with van der Waals surface area (Å²) in [7, 11) is 1.59. The fourth-order valence-corrected chi connectivity index (χ4v) is 5.98. The number of benzene rings is 2. The largest absolute Gasteiger partial charge is 0.497 e. The molecule has 3 heterocycles. The average Bonchev–Trinajstić information content (AvgIpc) is 3.55. The molecule has 1 saturated carbocycles. The Kier molecular flexibility index (Phi) is 9.08. The van der Waals surface area contributed by atoms with Crippen molar-refractivity contribution in [3.05, 3.63) is 66.7 Å². The van der Waals surface area contributed by atoms with Gasteiger partial charge in [0.2, 0.25) is 5.91 Å². The number of hydrogen-bond acceptors (Lipinski definition) is 7. The molecule has 0 spiro atoms. The number of aliphatic carboxylic acids is 1. The molecule has 4 atom stereocenters. The van der Waals surface area contributed by atoms with Gasteiger partial charge < -0.3 is 24.6 Å². The van der Waals surface area contributed by atoms with Crippen LogP contribution in [0.4, 0.5) is 4.79 Å². The number of fused-ring (bicyclic) bond motifs is 3. The van der Waals surface area contributed by atoms with E-state index in [-0.39, 0.29) is 32.9 Å². The molecule has 2 amide bonds. The lowest BCUT2D eigenvalue weighted by Crippen LogP contribution is -2.53. The summed E-state index contributed by atoms with van der Waals surface area (Å²) in [5.74, 6) is -0.674. The maximum Gasteiger partial charge on any atom is 0.410 e. The molecule has 3 aliphatic rings. The summed E-state index contributed by atoms with van der Waals surface area (Å²) < 4.78 is 17.5. The molecular formula is C34H39N3O7. The Morgan fingerprint density at radius 3 is 2.70 bits per heavy atom. The zero-order chi connectivity index (χ0) is 30.0. The van der Waals surface area contributed by atoms with Crippen molar-refractivity contribution in [2.24, 2.45) is 5.92 Å². The van der Waals surface area contributed by atoms with Crippen LogP contribution in [0, 0.1) is 5.92 Å².